The van der Waals surface area contributed by atoms with Crippen molar-refractivity contribution in [2.75, 3.05) is 55.6 Å². The number of halogens is 4. The molecule has 2 saturated heterocycles. The number of nitriles is 1. The number of aromatic nitrogens is 5. The van der Waals surface area contributed by atoms with Gasteiger partial charge in [-0.15, -0.1) is 0 Å². The largest absolute Gasteiger partial charge is 0.489 e. The fourth-order valence-corrected chi connectivity index (χ4v) is 11.7. The molecular formula is C48H57ClF3N11O3. The van der Waals surface area contributed by atoms with Crippen molar-refractivity contribution in [3.05, 3.63) is 81.5 Å². The highest BCUT2D eigenvalue weighted by Gasteiger charge is 2.64. The topological polar surface area (TPSA) is 149 Å². The highest BCUT2D eigenvalue weighted by Crippen LogP contribution is 2.56. The third-order valence-electron chi connectivity index (χ3n) is 14.8. The molecule has 0 spiro atoms. The predicted molar refractivity (Wildman–Crippen MR) is 243 cm³/mol. The lowest BCUT2D eigenvalue weighted by atomic mass is 9.49. The van der Waals surface area contributed by atoms with E-state index in [0.717, 1.165) is 87.7 Å². The molecule has 18 heteroatoms. The lowest BCUT2D eigenvalue weighted by molar-refractivity contribution is -0.164. The van der Waals surface area contributed by atoms with Crippen LogP contribution in [-0.4, -0.2) is 104 Å². The van der Waals surface area contributed by atoms with Crippen molar-refractivity contribution >= 4 is 40.9 Å². The number of amides is 2. The van der Waals surface area contributed by atoms with Gasteiger partial charge in [0.2, 0.25) is 11.9 Å². The Morgan fingerprint density at radius 1 is 0.939 bits per heavy atom. The molecule has 3 aromatic heterocycles. The van der Waals surface area contributed by atoms with E-state index < -0.39 is 22.7 Å². The second kappa shape index (κ2) is 17.6. The zero-order chi connectivity index (χ0) is 46.7. The number of nitrogens with zero attached hydrogens (tertiary/aromatic N) is 10. The molecular weight excluding hydrogens is 871 g/mol. The smallest absolute Gasteiger partial charge is 0.433 e. The zero-order valence-corrected chi connectivity index (χ0v) is 38.9. The van der Waals surface area contributed by atoms with Crippen LogP contribution in [0.2, 0.25) is 5.02 Å². The minimum Gasteiger partial charge on any atom is -0.489 e. The van der Waals surface area contributed by atoms with Gasteiger partial charge in [-0.2, -0.15) is 23.5 Å². The Bertz CT molecular complexity index is 2510. The minimum atomic E-state index is -4.56. The lowest BCUT2D eigenvalue weighted by Gasteiger charge is -2.63. The van der Waals surface area contributed by atoms with E-state index >= 15 is 0 Å². The highest BCUT2D eigenvalue weighted by molar-refractivity contribution is 6.31. The highest BCUT2D eigenvalue weighted by atomic mass is 35.5. The van der Waals surface area contributed by atoms with Crippen LogP contribution in [0.25, 0.3) is 0 Å². The van der Waals surface area contributed by atoms with Crippen LogP contribution in [-0.2, 0) is 30.4 Å². The Morgan fingerprint density at radius 2 is 1.65 bits per heavy atom. The van der Waals surface area contributed by atoms with Gasteiger partial charge in [-0.25, -0.2) is 9.97 Å². The number of anilines is 3. The van der Waals surface area contributed by atoms with Gasteiger partial charge in [-0.3, -0.25) is 19.3 Å². The van der Waals surface area contributed by atoms with E-state index in [4.69, 9.17) is 21.4 Å². The van der Waals surface area contributed by atoms with Gasteiger partial charge in [0.15, 0.2) is 5.82 Å². The number of likely N-dealkylation sites (tertiary alicyclic amines) is 1. The third kappa shape index (κ3) is 8.66. The summed E-state index contributed by atoms with van der Waals surface area (Å²) in [5, 5.41) is 18.0. The van der Waals surface area contributed by atoms with Crippen molar-refractivity contribution in [3.8, 4) is 11.8 Å². The maximum absolute atomic E-state index is 13.8. The molecule has 1 N–H and O–H groups in total. The van der Waals surface area contributed by atoms with E-state index in [-0.39, 0.29) is 30.0 Å². The lowest BCUT2D eigenvalue weighted by Crippen LogP contribution is -2.74. The quantitative estimate of drug-likeness (QED) is 0.176. The average Bonchev–Trinajstić information content (AvgIpc) is 3.68. The molecule has 350 valence electrons. The molecule has 0 unspecified atom stereocenters. The Labute approximate surface area is 388 Å². The van der Waals surface area contributed by atoms with Crippen LogP contribution in [0.4, 0.5) is 30.6 Å². The van der Waals surface area contributed by atoms with Crippen LogP contribution in [0.3, 0.4) is 0 Å². The predicted octanol–water partition coefficient (Wildman–Crippen LogP) is 7.77. The minimum absolute atomic E-state index is 0.0276. The van der Waals surface area contributed by atoms with Gasteiger partial charge in [0.25, 0.3) is 5.91 Å². The molecule has 2 amide bonds. The molecule has 66 heavy (non-hydrogen) atoms. The standard InChI is InChI=1S/C48H57ClF3N11O3/c1-29(64)61-20-14-38-36(28-61)41(62-15-6-7-32-24-54-40(22-39(32)62)48(50,51)52)58-63(38)34-12-16-59(17-13-34)27-30-10-18-60(19-11-30)45-55-25-33(26-56-45)42(65)57-43-46(2,3)44(47(43,4)5)66-35-9-8-31(23-53)37(49)21-35/h8-9,21-22,24-26,30,34,43-44H,6-7,10-20,27-28H2,1-5H3,(H,57,65). The molecule has 1 aliphatic carbocycles. The number of hydrogen-bond donors (Lipinski definition) is 1. The van der Waals surface area contributed by atoms with Gasteiger partial charge in [-0.1, -0.05) is 39.3 Å². The molecule has 0 radical (unpaired) electrons. The third-order valence-corrected chi connectivity index (χ3v) is 15.1. The summed E-state index contributed by atoms with van der Waals surface area (Å²) in [5.74, 6) is 2.10. The first-order valence-electron chi connectivity index (χ1n) is 23.1. The van der Waals surface area contributed by atoms with Gasteiger partial charge in [0.05, 0.1) is 28.7 Å². The Balaban J connectivity index is 0.781. The number of carbonyl (C=O) groups excluding carboxylic acids is 2. The number of pyridine rings is 1. The average molecular weight is 929 g/mol. The molecule has 9 rings (SSSR count). The summed E-state index contributed by atoms with van der Waals surface area (Å²) in [6.45, 7) is 15.8. The number of fused-ring (bicyclic) bond motifs is 2. The van der Waals surface area contributed by atoms with E-state index in [1.165, 1.54) is 6.20 Å². The van der Waals surface area contributed by atoms with Crippen molar-refractivity contribution in [1.29, 1.82) is 5.26 Å². The van der Waals surface area contributed by atoms with Crippen LogP contribution >= 0.6 is 11.6 Å². The van der Waals surface area contributed by atoms with E-state index in [1.807, 2.05) is 4.90 Å². The summed E-state index contributed by atoms with van der Waals surface area (Å²) in [6, 6.07) is 8.23. The number of rotatable bonds is 9. The summed E-state index contributed by atoms with van der Waals surface area (Å²) in [7, 11) is 0. The first kappa shape index (κ1) is 45.7. The molecule has 0 atom stereocenters. The van der Waals surface area contributed by atoms with Crippen molar-refractivity contribution in [3.63, 3.8) is 0 Å². The summed E-state index contributed by atoms with van der Waals surface area (Å²) < 4.78 is 50.0. The fraction of sp³-hybridized carbons (Fsp3) is 0.562. The second-order valence-corrected chi connectivity index (χ2v) is 20.3. The van der Waals surface area contributed by atoms with Crippen LogP contribution in [0.1, 0.15) is 111 Å². The first-order valence-corrected chi connectivity index (χ1v) is 23.5. The number of ether oxygens (including phenoxy) is 1. The Hall–Kier alpha value is -5.47. The number of piperidine rings is 2. The van der Waals surface area contributed by atoms with Crippen LogP contribution in [0, 0.1) is 28.1 Å². The Kier molecular flexibility index (Phi) is 12.2. The van der Waals surface area contributed by atoms with E-state index in [9.17, 15) is 28.0 Å². The van der Waals surface area contributed by atoms with Gasteiger partial charge in [0.1, 0.15) is 23.6 Å². The van der Waals surface area contributed by atoms with Gasteiger partial charge in [0, 0.05) is 118 Å². The number of aryl methyl sites for hydroxylation is 1. The molecule has 7 heterocycles. The van der Waals surface area contributed by atoms with Gasteiger partial charge in [-0.05, 0) is 68.2 Å². The first-order chi connectivity index (χ1) is 31.4. The molecule has 0 bridgehead atoms. The van der Waals surface area contributed by atoms with Gasteiger partial charge < -0.3 is 29.7 Å². The molecule has 14 nitrogen and oxygen atoms in total. The molecule has 3 fully saturated rings. The van der Waals surface area contributed by atoms with E-state index in [1.54, 1.807) is 42.4 Å². The summed E-state index contributed by atoms with van der Waals surface area (Å²) in [4.78, 5) is 47.5. The normalized spacial score (nSPS) is 22.2. The van der Waals surface area contributed by atoms with Crippen molar-refractivity contribution in [2.45, 2.75) is 110 Å². The SMILES string of the molecule is CC(=O)N1CCc2c(c(N3CCCc4cnc(C(F)(F)F)cc43)nn2C2CCN(CC3CCN(c4ncc(C(=O)NC5C(C)(C)C(Oc6ccc(C#N)c(Cl)c6)C5(C)C)cn4)CC3)CC2)C1. The van der Waals surface area contributed by atoms with Gasteiger partial charge >= 0.3 is 6.18 Å². The molecule has 1 aromatic carbocycles. The number of alkyl halides is 3. The number of hydrogen-bond acceptors (Lipinski definition) is 11. The van der Waals surface area contributed by atoms with Crippen molar-refractivity contribution < 1.29 is 27.5 Å². The van der Waals surface area contributed by atoms with E-state index in [2.05, 4.69) is 68.5 Å². The molecule has 5 aliphatic rings. The summed E-state index contributed by atoms with van der Waals surface area (Å²) in [5.41, 5.74) is 2.35. The van der Waals surface area contributed by atoms with E-state index in [0.29, 0.717) is 77.7 Å². The summed E-state index contributed by atoms with van der Waals surface area (Å²) >= 11 is 6.26. The monoisotopic (exact) mass is 927 g/mol. The number of benzene rings is 1. The van der Waals surface area contributed by atoms with Crippen molar-refractivity contribution in [1.82, 2.24) is 39.8 Å². The van der Waals surface area contributed by atoms with Crippen LogP contribution in [0.15, 0.2) is 42.9 Å². The molecule has 4 aromatic rings. The number of carbonyl (C=O) groups is 2. The maximum atomic E-state index is 13.8. The fourth-order valence-electron chi connectivity index (χ4n) is 11.5. The number of nitrogens with one attached hydrogen (secondary N) is 1. The Morgan fingerprint density at radius 3 is 2.30 bits per heavy atom. The summed E-state index contributed by atoms with van der Waals surface area (Å²) in [6.07, 6.45) is 5.67. The van der Waals surface area contributed by atoms with Crippen molar-refractivity contribution in [2.24, 2.45) is 16.7 Å². The maximum Gasteiger partial charge on any atom is 0.433 e. The van der Waals surface area contributed by atoms with Crippen LogP contribution < -0.4 is 19.9 Å². The molecule has 1 saturated carbocycles. The van der Waals surface area contributed by atoms with Crippen LogP contribution in [0.5, 0.6) is 5.75 Å². The molecule has 4 aliphatic heterocycles. The zero-order valence-electron chi connectivity index (χ0n) is 38.2. The second-order valence-electron chi connectivity index (χ2n) is 19.9.